The number of hydrogen-bond donors (Lipinski definition) is 1. The van der Waals surface area contributed by atoms with Crippen molar-refractivity contribution in [3.63, 3.8) is 0 Å². The quantitative estimate of drug-likeness (QED) is 0.855. The highest BCUT2D eigenvalue weighted by molar-refractivity contribution is 7.92. The minimum absolute atomic E-state index is 0.0832. The fourth-order valence-corrected chi connectivity index (χ4v) is 6.02. The van der Waals surface area contributed by atoms with Gasteiger partial charge in [0.05, 0.1) is 16.2 Å². The molecule has 2 heterocycles. The third-order valence-corrected chi connectivity index (χ3v) is 8.02. The Morgan fingerprint density at radius 2 is 1.86 bits per heavy atom. The zero-order valence-corrected chi connectivity index (χ0v) is 16.6. The highest BCUT2D eigenvalue weighted by Gasteiger charge is 2.31. The second-order valence-corrected chi connectivity index (χ2v) is 9.71. The first-order valence-electron chi connectivity index (χ1n) is 9.83. The first-order valence-corrected chi connectivity index (χ1v) is 11.4. The number of amides is 1. The van der Waals surface area contributed by atoms with Crippen LogP contribution in [0.25, 0.3) is 0 Å². The van der Waals surface area contributed by atoms with E-state index in [1.165, 1.54) is 0 Å². The Labute approximate surface area is 165 Å². The van der Waals surface area contributed by atoms with Gasteiger partial charge in [-0.2, -0.15) is 0 Å². The van der Waals surface area contributed by atoms with Gasteiger partial charge in [-0.05, 0) is 48.7 Å². The van der Waals surface area contributed by atoms with E-state index in [0.717, 1.165) is 37.8 Å². The number of pyridine rings is 1. The maximum absolute atomic E-state index is 13.1. The third kappa shape index (κ3) is 3.69. The molecule has 2 aliphatic rings. The summed E-state index contributed by atoms with van der Waals surface area (Å²) in [6.45, 7) is 2.00. The number of carbonyl (C=O) groups is 1. The fraction of sp³-hybridized carbons (Fsp3) is 0.429. The second kappa shape index (κ2) is 8.01. The van der Waals surface area contributed by atoms with Gasteiger partial charge < -0.3 is 10.2 Å². The van der Waals surface area contributed by atoms with Crippen LogP contribution in [0.2, 0.25) is 0 Å². The number of benzene rings is 1. The van der Waals surface area contributed by atoms with Crippen molar-refractivity contribution in [1.82, 2.24) is 15.2 Å². The molecule has 2 aromatic rings. The van der Waals surface area contributed by atoms with Crippen molar-refractivity contribution in [3.8, 4) is 0 Å². The van der Waals surface area contributed by atoms with Gasteiger partial charge in [-0.25, -0.2) is 8.42 Å². The number of nitrogens with zero attached hydrogens (tertiary/aromatic N) is 2. The van der Waals surface area contributed by atoms with Gasteiger partial charge in [0.1, 0.15) is 0 Å². The maximum Gasteiger partial charge on any atom is 0.254 e. The molecule has 0 radical (unpaired) electrons. The third-order valence-electron chi connectivity index (χ3n) is 5.74. The van der Waals surface area contributed by atoms with Gasteiger partial charge in [0.25, 0.3) is 5.91 Å². The number of aromatic nitrogens is 1. The van der Waals surface area contributed by atoms with Gasteiger partial charge in [-0.15, -0.1) is 0 Å². The van der Waals surface area contributed by atoms with Gasteiger partial charge in [0, 0.05) is 37.6 Å². The highest BCUT2D eigenvalue weighted by atomic mass is 32.2. The van der Waals surface area contributed by atoms with Crippen molar-refractivity contribution < 1.29 is 13.2 Å². The molecule has 1 aliphatic carbocycles. The summed E-state index contributed by atoms with van der Waals surface area (Å²) >= 11 is 0. The van der Waals surface area contributed by atoms with Crippen LogP contribution in [-0.4, -0.2) is 49.1 Å². The van der Waals surface area contributed by atoms with Crippen molar-refractivity contribution in [3.05, 3.63) is 59.9 Å². The molecule has 2 fully saturated rings. The van der Waals surface area contributed by atoms with E-state index in [1.807, 2.05) is 17.0 Å². The molecule has 6 nitrogen and oxygen atoms in total. The number of nitrogens with one attached hydrogen (secondary N) is 1. The largest absolute Gasteiger partial charge is 0.329 e. The number of carbonyl (C=O) groups excluding carboxylic acids is 1. The van der Waals surface area contributed by atoms with Crippen molar-refractivity contribution in [1.29, 1.82) is 0 Å². The molecule has 1 unspecified atom stereocenters. The molecule has 1 saturated heterocycles. The van der Waals surface area contributed by atoms with Gasteiger partial charge in [-0.1, -0.05) is 18.9 Å². The normalized spacial score (nSPS) is 21.0. The summed E-state index contributed by atoms with van der Waals surface area (Å²) in [6.07, 6.45) is 6.91. The average Bonchev–Trinajstić information content (AvgIpc) is 3.30. The van der Waals surface area contributed by atoms with Crippen molar-refractivity contribution in [2.75, 3.05) is 19.6 Å². The van der Waals surface area contributed by atoms with E-state index in [0.29, 0.717) is 23.5 Å². The van der Waals surface area contributed by atoms with E-state index in [1.54, 1.807) is 36.7 Å². The molecule has 1 atom stereocenters. The van der Waals surface area contributed by atoms with E-state index < -0.39 is 9.84 Å². The Bertz CT molecular complexity index is 923. The summed E-state index contributed by atoms with van der Waals surface area (Å²) in [4.78, 5) is 19.5. The molecule has 1 aliphatic heterocycles. The molecule has 148 valence electrons. The first-order chi connectivity index (χ1) is 13.6. The smallest absolute Gasteiger partial charge is 0.254 e. The molecule has 7 heteroatoms. The molecule has 1 aromatic carbocycles. The predicted octanol–water partition coefficient (Wildman–Crippen LogP) is 2.58. The van der Waals surface area contributed by atoms with Crippen LogP contribution in [0.15, 0.2) is 53.7 Å². The van der Waals surface area contributed by atoms with Crippen LogP contribution >= 0.6 is 0 Å². The number of rotatable bonds is 4. The molecular formula is C21H25N3O3S. The molecular weight excluding hydrogens is 374 g/mol. The number of piperazine rings is 1. The van der Waals surface area contributed by atoms with E-state index in [9.17, 15) is 13.2 Å². The standard InChI is InChI=1S/C21H25N3O3S/c25-21(24-13-12-23-15-20(24)17-4-3-11-22-14-17)16-7-9-19(10-8-16)28(26,27)18-5-1-2-6-18/h3-4,7-11,14,18,20,23H,1-2,5-6,12-13,15H2. The van der Waals surface area contributed by atoms with E-state index >= 15 is 0 Å². The molecule has 1 N–H and O–H groups in total. The van der Waals surface area contributed by atoms with Gasteiger partial charge in [0.2, 0.25) is 0 Å². The van der Waals surface area contributed by atoms with Crippen LogP contribution in [0.4, 0.5) is 0 Å². The zero-order valence-electron chi connectivity index (χ0n) is 15.8. The lowest BCUT2D eigenvalue weighted by molar-refractivity contribution is 0.0634. The summed E-state index contributed by atoms with van der Waals surface area (Å²) in [7, 11) is -3.30. The Hall–Kier alpha value is -2.25. The average molecular weight is 400 g/mol. The van der Waals surface area contributed by atoms with Crippen molar-refractivity contribution in [2.45, 2.75) is 41.9 Å². The highest BCUT2D eigenvalue weighted by Crippen LogP contribution is 2.30. The summed E-state index contributed by atoms with van der Waals surface area (Å²) in [5.74, 6) is -0.0832. The van der Waals surface area contributed by atoms with E-state index in [4.69, 9.17) is 0 Å². The minimum atomic E-state index is -3.30. The zero-order chi connectivity index (χ0) is 19.6. The molecule has 28 heavy (non-hydrogen) atoms. The van der Waals surface area contributed by atoms with Crippen LogP contribution in [0.3, 0.4) is 0 Å². The molecule has 0 bridgehead atoms. The monoisotopic (exact) mass is 399 g/mol. The molecule has 4 rings (SSSR count). The Morgan fingerprint density at radius 1 is 1.11 bits per heavy atom. The van der Waals surface area contributed by atoms with Gasteiger partial charge >= 0.3 is 0 Å². The van der Waals surface area contributed by atoms with Gasteiger partial charge in [-0.3, -0.25) is 9.78 Å². The van der Waals surface area contributed by atoms with Crippen LogP contribution in [0.5, 0.6) is 0 Å². The molecule has 0 spiro atoms. The van der Waals surface area contributed by atoms with E-state index in [2.05, 4.69) is 10.3 Å². The van der Waals surface area contributed by atoms with Gasteiger partial charge in [0.15, 0.2) is 9.84 Å². The molecule has 1 saturated carbocycles. The maximum atomic E-state index is 13.1. The second-order valence-electron chi connectivity index (χ2n) is 7.48. The SMILES string of the molecule is O=C(c1ccc(S(=O)(=O)C2CCCC2)cc1)N1CCNCC1c1cccnc1. The Kier molecular flexibility index (Phi) is 5.46. The van der Waals surface area contributed by atoms with Crippen molar-refractivity contribution in [2.24, 2.45) is 0 Å². The minimum Gasteiger partial charge on any atom is -0.329 e. The van der Waals surface area contributed by atoms with Crippen molar-refractivity contribution >= 4 is 15.7 Å². The summed E-state index contributed by atoms with van der Waals surface area (Å²) in [5.41, 5.74) is 1.50. The fourth-order valence-electron chi connectivity index (χ4n) is 4.16. The first kappa shape index (κ1) is 19.1. The molecule has 1 aromatic heterocycles. The number of hydrogen-bond acceptors (Lipinski definition) is 5. The van der Waals surface area contributed by atoms with E-state index in [-0.39, 0.29) is 17.2 Å². The summed E-state index contributed by atoms with van der Waals surface area (Å²) in [6, 6.07) is 10.2. The summed E-state index contributed by atoms with van der Waals surface area (Å²) < 4.78 is 25.5. The topological polar surface area (TPSA) is 79.4 Å². The Morgan fingerprint density at radius 3 is 2.54 bits per heavy atom. The van der Waals surface area contributed by atoms with Crippen LogP contribution in [0, 0.1) is 0 Å². The van der Waals surface area contributed by atoms with Crippen LogP contribution < -0.4 is 5.32 Å². The lowest BCUT2D eigenvalue weighted by atomic mass is 10.0. The lowest BCUT2D eigenvalue weighted by Crippen LogP contribution is -2.48. The number of sulfone groups is 1. The predicted molar refractivity (Wildman–Crippen MR) is 107 cm³/mol. The van der Waals surface area contributed by atoms with Crippen LogP contribution in [-0.2, 0) is 9.84 Å². The Balaban J connectivity index is 1.55. The molecule has 1 amide bonds. The summed E-state index contributed by atoms with van der Waals surface area (Å²) in [5, 5.41) is 3.05. The van der Waals surface area contributed by atoms with Crippen LogP contribution in [0.1, 0.15) is 47.6 Å². The lowest BCUT2D eigenvalue weighted by Gasteiger charge is -2.36.